The number of ether oxygens (including phenoxy) is 1. The molecule has 2 rings (SSSR count). The number of carbonyl (C=O) groups is 2. The lowest BCUT2D eigenvalue weighted by atomic mass is 9.88. The lowest BCUT2D eigenvalue weighted by molar-refractivity contribution is -0.114. The predicted octanol–water partition coefficient (Wildman–Crippen LogP) is 3.25. The van der Waals surface area contributed by atoms with Crippen molar-refractivity contribution in [2.75, 3.05) is 5.43 Å². The molecule has 0 saturated heterocycles. The van der Waals surface area contributed by atoms with Gasteiger partial charge >= 0.3 is 6.09 Å². The summed E-state index contributed by atoms with van der Waals surface area (Å²) in [4.78, 5) is 34.0. The Morgan fingerprint density at radius 2 is 1.87 bits per heavy atom. The number of hydrogen-bond donors (Lipinski definition) is 4. The molecule has 2 aromatic rings. The van der Waals surface area contributed by atoms with E-state index in [9.17, 15) is 14.4 Å². The van der Waals surface area contributed by atoms with E-state index in [1.54, 1.807) is 0 Å². The molecule has 0 saturated carbocycles. The van der Waals surface area contributed by atoms with E-state index >= 15 is 0 Å². The van der Waals surface area contributed by atoms with Crippen LogP contribution in [0.25, 0.3) is 0 Å². The smallest absolute Gasteiger partial charge is 0.411 e. The average Bonchev–Trinajstić information content (AvgIpc) is 2.65. The van der Waals surface area contributed by atoms with Gasteiger partial charge in [-0.15, -0.1) is 5.10 Å². The summed E-state index contributed by atoms with van der Waals surface area (Å²) >= 11 is 12.4. The van der Waals surface area contributed by atoms with E-state index in [-0.39, 0.29) is 32.9 Å². The quantitative estimate of drug-likeness (QED) is 0.384. The Bertz CT molecular complexity index is 1140. The Morgan fingerprint density at radius 3 is 2.39 bits per heavy atom. The van der Waals surface area contributed by atoms with Gasteiger partial charge < -0.3 is 9.84 Å². The summed E-state index contributed by atoms with van der Waals surface area (Å²) in [6.45, 7) is 5.57. The molecule has 0 radical (unpaired) electrons. The Hall–Kier alpha value is -3.62. The number of H-pyrrole nitrogens is 1. The summed E-state index contributed by atoms with van der Waals surface area (Å²) in [7, 11) is 0. The zero-order valence-corrected chi connectivity index (χ0v) is 17.9. The minimum Gasteiger partial charge on any atom is -0.465 e. The monoisotopic (exact) mass is 466 g/mol. The van der Waals surface area contributed by atoms with E-state index in [1.165, 1.54) is 29.6 Å². The van der Waals surface area contributed by atoms with E-state index in [1.807, 2.05) is 20.8 Å². The molecule has 0 bridgehead atoms. The first kappa shape index (κ1) is 23.7. The molecule has 1 aromatic carbocycles. The number of nitrogens with zero attached hydrogens (tertiary/aromatic N) is 3. The van der Waals surface area contributed by atoms with Gasteiger partial charge in [0.25, 0.3) is 11.5 Å². The van der Waals surface area contributed by atoms with Gasteiger partial charge in [0, 0.05) is 11.6 Å². The zero-order valence-electron chi connectivity index (χ0n) is 16.4. The number of amides is 2. The van der Waals surface area contributed by atoms with E-state index in [2.05, 4.69) is 20.7 Å². The second kappa shape index (κ2) is 9.46. The number of anilines is 1. The summed E-state index contributed by atoms with van der Waals surface area (Å²) in [5.74, 6) is -1.11. The van der Waals surface area contributed by atoms with Crippen molar-refractivity contribution in [2.45, 2.75) is 26.2 Å². The highest BCUT2D eigenvalue weighted by molar-refractivity contribution is 6.46. The number of rotatable bonds is 5. The fourth-order valence-electron chi connectivity index (χ4n) is 2.23. The first-order chi connectivity index (χ1) is 14.4. The maximum absolute atomic E-state index is 12.0. The number of hydrazone groups is 1. The van der Waals surface area contributed by atoms with Crippen molar-refractivity contribution in [3.63, 3.8) is 0 Å². The molecule has 0 aliphatic rings. The third-order valence-electron chi connectivity index (χ3n) is 3.63. The summed E-state index contributed by atoms with van der Waals surface area (Å²) in [5.41, 5.74) is 1.47. The van der Waals surface area contributed by atoms with Crippen LogP contribution in [0.5, 0.6) is 11.6 Å². The number of nitrogens with one attached hydrogen (secondary N) is 3. The van der Waals surface area contributed by atoms with Gasteiger partial charge in [0.15, 0.2) is 5.75 Å². The van der Waals surface area contributed by atoms with Crippen molar-refractivity contribution in [2.24, 2.45) is 5.10 Å². The van der Waals surface area contributed by atoms with Gasteiger partial charge in [-0.05, 0) is 17.5 Å². The number of imide groups is 1. The molecule has 2 amide bonds. The third kappa shape index (κ3) is 6.18. The first-order valence-electron chi connectivity index (χ1n) is 8.47. The number of halogens is 2. The van der Waals surface area contributed by atoms with Crippen LogP contribution in [-0.2, 0) is 10.2 Å². The maximum atomic E-state index is 12.0. The number of aromatic amines is 1. The van der Waals surface area contributed by atoms with E-state index in [0.717, 1.165) is 0 Å². The Kier molecular flexibility index (Phi) is 7.22. The molecular formula is C18H16Cl2N6O5. The van der Waals surface area contributed by atoms with Crippen molar-refractivity contribution in [1.82, 2.24) is 15.5 Å². The lowest BCUT2D eigenvalue weighted by Crippen LogP contribution is -2.34. The fourth-order valence-corrected chi connectivity index (χ4v) is 2.79. The molecule has 0 spiro atoms. The molecule has 13 heteroatoms. The summed E-state index contributed by atoms with van der Waals surface area (Å²) in [6, 6.07) is 5.61. The van der Waals surface area contributed by atoms with Crippen LogP contribution in [0, 0.1) is 11.3 Å². The summed E-state index contributed by atoms with van der Waals surface area (Å²) in [5, 5.41) is 28.7. The molecule has 0 aliphatic carbocycles. The number of nitriles is 1. The minimum absolute atomic E-state index is 0.0315. The molecule has 0 atom stereocenters. The molecule has 4 N–H and O–H groups in total. The summed E-state index contributed by atoms with van der Waals surface area (Å²) in [6.07, 6.45) is -1.63. The number of carboxylic acid groups (broad SMARTS) is 1. The Labute approximate surface area is 185 Å². The van der Waals surface area contributed by atoms with Crippen LogP contribution < -0.4 is 21.0 Å². The van der Waals surface area contributed by atoms with Crippen LogP contribution in [0.3, 0.4) is 0 Å². The van der Waals surface area contributed by atoms with Crippen LogP contribution >= 0.6 is 23.2 Å². The van der Waals surface area contributed by atoms with Crippen LogP contribution in [0.2, 0.25) is 10.0 Å². The molecule has 1 heterocycles. The lowest BCUT2D eigenvalue weighted by Gasteiger charge is -2.18. The van der Waals surface area contributed by atoms with E-state index in [0.29, 0.717) is 5.56 Å². The number of aromatic nitrogens is 2. The molecule has 1 aromatic heterocycles. The van der Waals surface area contributed by atoms with E-state index < -0.39 is 23.1 Å². The van der Waals surface area contributed by atoms with Crippen molar-refractivity contribution in [1.29, 1.82) is 5.26 Å². The normalized spacial score (nSPS) is 11.4. The van der Waals surface area contributed by atoms with Crippen LogP contribution in [-0.4, -0.2) is 33.0 Å². The number of carbonyl (C=O) groups excluding carboxylic acids is 1. The van der Waals surface area contributed by atoms with Crippen LogP contribution in [0.15, 0.2) is 28.1 Å². The van der Waals surface area contributed by atoms with Gasteiger partial charge in [0.2, 0.25) is 11.6 Å². The van der Waals surface area contributed by atoms with Gasteiger partial charge in [-0.25, -0.2) is 9.89 Å². The van der Waals surface area contributed by atoms with Crippen LogP contribution in [0.4, 0.5) is 10.5 Å². The topological polar surface area (TPSA) is 170 Å². The van der Waals surface area contributed by atoms with Gasteiger partial charge in [-0.3, -0.25) is 20.3 Å². The highest BCUT2D eigenvalue weighted by Gasteiger charge is 2.20. The van der Waals surface area contributed by atoms with Crippen molar-refractivity contribution >= 4 is 46.6 Å². The molecule has 31 heavy (non-hydrogen) atoms. The molecule has 0 unspecified atom stereocenters. The highest BCUT2D eigenvalue weighted by atomic mass is 35.5. The molecule has 0 aliphatic heterocycles. The fraction of sp³-hybridized carbons (Fsp3) is 0.222. The average molecular weight is 467 g/mol. The van der Waals surface area contributed by atoms with E-state index in [4.69, 9.17) is 38.3 Å². The Balaban J connectivity index is 2.28. The molecule has 0 fully saturated rings. The predicted molar refractivity (Wildman–Crippen MR) is 113 cm³/mol. The Morgan fingerprint density at radius 1 is 1.26 bits per heavy atom. The standard InChI is InChI=1S/C18H16Cl2N6O5/c1-18(2,3)9-6-13(25-26-15(9)27)31-14-10(19)4-8(5-11(14)20)23-24-12(7-21)16(28)22-17(29)30/h4-6,23H,1-3H3,(H,22,28)(H,26,27)(H,29,30). The summed E-state index contributed by atoms with van der Waals surface area (Å²) < 4.78 is 5.62. The number of benzene rings is 1. The highest BCUT2D eigenvalue weighted by Crippen LogP contribution is 2.38. The molecular weight excluding hydrogens is 451 g/mol. The maximum Gasteiger partial charge on any atom is 0.411 e. The van der Waals surface area contributed by atoms with Crippen LogP contribution in [0.1, 0.15) is 26.3 Å². The van der Waals surface area contributed by atoms with Crippen molar-refractivity contribution in [3.05, 3.63) is 44.2 Å². The van der Waals surface area contributed by atoms with Crippen molar-refractivity contribution in [3.8, 4) is 17.7 Å². The van der Waals surface area contributed by atoms with Gasteiger partial charge in [-0.2, -0.15) is 10.4 Å². The first-order valence-corrected chi connectivity index (χ1v) is 9.23. The van der Waals surface area contributed by atoms with Gasteiger partial charge in [-0.1, -0.05) is 44.0 Å². The second-order valence-electron chi connectivity index (χ2n) is 7.01. The van der Waals surface area contributed by atoms with Gasteiger partial charge in [0.1, 0.15) is 6.07 Å². The van der Waals surface area contributed by atoms with Gasteiger partial charge in [0.05, 0.1) is 15.7 Å². The molecule has 162 valence electrons. The zero-order chi connectivity index (χ0) is 23.3. The SMILES string of the molecule is CC(C)(C)c1cc(Oc2c(Cl)cc(NN=C(C#N)C(=O)NC(=O)O)cc2Cl)n[nH]c1=O. The third-order valence-corrected chi connectivity index (χ3v) is 4.19. The minimum atomic E-state index is -1.63. The number of hydrogen-bond acceptors (Lipinski definition) is 8. The largest absolute Gasteiger partial charge is 0.465 e. The second-order valence-corrected chi connectivity index (χ2v) is 7.83. The molecule has 11 nitrogen and oxygen atoms in total. The van der Waals surface area contributed by atoms with Crippen molar-refractivity contribution < 1.29 is 19.4 Å².